The van der Waals surface area contributed by atoms with Crippen molar-refractivity contribution < 1.29 is 19.1 Å². The molecule has 1 heterocycles. The summed E-state index contributed by atoms with van der Waals surface area (Å²) >= 11 is 0. The third kappa shape index (κ3) is 14.2. The van der Waals surface area contributed by atoms with Crippen molar-refractivity contribution in [3.63, 3.8) is 0 Å². The van der Waals surface area contributed by atoms with E-state index in [1.165, 1.54) is 19.3 Å². The molecule has 3 amide bonds. The molecule has 9 heteroatoms. The number of nitrogens with one attached hydrogen (secondary N) is 1. The number of rotatable bonds is 3. The van der Waals surface area contributed by atoms with Crippen LogP contribution in [-0.2, 0) is 19.1 Å². The Morgan fingerprint density at radius 2 is 1.74 bits per heavy atom. The number of pyridine rings is 1. The summed E-state index contributed by atoms with van der Waals surface area (Å²) in [6.45, 7) is 8.09. The summed E-state index contributed by atoms with van der Waals surface area (Å²) in [4.78, 5) is 38.1. The van der Waals surface area contributed by atoms with E-state index in [0.717, 1.165) is 18.4 Å². The van der Waals surface area contributed by atoms with Crippen LogP contribution in [0, 0.1) is 12.8 Å². The second-order valence-electron chi connectivity index (χ2n) is 8.53. The Kier molecular flexibility index (Phi) is 13.3. The first-order valence-electron chi connectivity index (χ1n) is 10.5. The maximum absolute atomic E-state index is 11.4. The van der Waals surface area contributed by atoms with Gasteiger partial charge in [-0.1, -0.05) is 25.3 Å². The van der Waals surface area contributed by atoms with E-state index in [0.29, 0.717) is 24.4 Å². The van der Waals surface area contributed by atoms with E-state index in [1.807, 2.05) is 41.8 Å². The fraction of sp³-hybridized carbons (Fsp3) is 0.636. The van der Waals surface area contributed by atoms with Gasteiger partial charge in [0.15, 0.2) is 0 Å². The van der Waals surface area contributed by atoms with Gasteiger partial charge in [0.05, 0.1) is 12.3 Å². The second-order valence-corrected chi connectivity index (χ2v) is 8.53. The summed E-state index contributed by atoms with van der Waals surface area (Å²) in [5.41, 5.74) is 10.7. The molecule has 0 bridgehead atoms. The molecule has 0 saturated heterocycles. The lowest BCUT2D eigenvalue weighted by atomic mass is 9.88. The summed E-state index contributed by atoms with van der Waals surface area (Å²) in [6, 6.07) is 3.36. The first-order valence-corrected chi connectivity index (χ1v) is 10.5. The van der Waals surface area contributed by atoms with E-state index >= 15 is 0 Å². The van der Waals surface area contributed by atoms with E-state index in [9.17, 15) is 14.4 Å². The third-order valence-electron chi connectivity index (χ3n) is 4.29. The molecular weight excluding hydrogens is 398 g/mol. The van der Waals surface area contributed by atoms with Gasteiger partial charge in [-0.25, -0.2) is 4.98 Å². The van der Waals surface area contributed by atoms with Crippen molar-refractivity contribution in [2.45, 2.75) is 65.4 Å². The fourth-order valence-corrected chi connectivity index (χ4v) is 2.68. The zero-order chi connectivity index (χ0) is 24.0. The second kappa shape index (κ2) is 14.5. The van der Waals surface area contributed by atoms with Gasteiger partial charge in [-0.2, -0.15) is 0 Å². The quantitative estimate of drug-likeness (QED) is 0.489. The number of carbonyl (C=O) groups is 3. The first kappa shape index (κ1) is 28.5. The lowest BCUT2D eigenvalue weighted by Crippen LogP contribution is -2.30. The van der Waals surface area contributed by atoms with Gasteiger partial charge in [0.2, 0.25) is 5.91 Å². The number of aromatic nitrogens is 1. The number of amides is 3. The predicted molar refractivity (Wildman–Crippen MR) is 122 cm³/mol. The van der Waals surface area contributed by atoms with Crippen molar-refractivity contribution in [1.29, 1.82) is 0 Å². The number of hydrogen-bond donors (Lipinski definition) is 3. The number of primary amides is 1. The zero-order valence-electron chi connectivity index (χ0n) is 19.7. The zero-order valence-corrected chi connectivity index (χ0v) is 19.7. The average molecular weight is 438 g/mol. The molecule has 1 aliphatic rings. The number of carbonyl (C=O) groups excluding carboxylic acids is 3. The molecule has 1 aromatic rings. The van der Waals surface area contributed by atoms with Crippen LogP contribution >= 0.6 is 0 Å². The molecule has 1 aromatic heterocycles. The highest BCUT2D eigenvalue weighted by atomic mass is 16.5. The molecule has 0 spiro atoms. The Hall–Kier alpha value is -2.52. The molecule has 1 fully saturated rings. The first-order chi connectivity index (χ1) is 14.4. The standard InChI is InChI=1S/C9H17NO.C8H9N3O2.C5H13NO/c1-10(2)9(11)8-6-4-3-5-7-8;1-5-2-3-6(10-4-5)11-8(13)7(9)12;1-5(2,3)7-4-6/h8H,3-7H2,1-2H3;2-4H,1H3,(H2,9,12)(H,10,11,13);4,6H2,1-3H3. The lowest BCUT2D eigenvalue weighted by Gasteiger charge is -2.23. The van der Waals surface area contributed by atoms with Crippen LogP contribution in [0.15, 0.2) is 18.3 Å². The minimum Gasteiger partial charge on any atom is -0.361 e. The Balaban J connectivity index is 0.000000457. The van der Waals surface area contributed by atoms with Crippen LogP contribution in [0.25, 0.3) is 0 Å². The van der Waals surface area contributed by atoms with Gasteiger partial charge in [0.25, 0.3) is 0 Å². The molecule has 176 valence electrons. The van der Waals surface area contributed by atoms with Crippen molar-refractivity contribution >= 4 is 23.5 Å². The summed E-state index contributed by atoms with van der Waals surface area (Å²) in [5.74, 6) is -0.920. The maximum Gasteiger partial charge on any atom is 0.314 e. The molecule has 31 heavy (non-hydrogen) atoms. The van der Waals surface area contributed by atoms with E-state index in [2.05, 4.69) is 10.3 Å². The molecule has 9 nitrogen and oxygen atoms in total. The van der Waals surface area contributed by atoms with Crippen LogP contribution in [-0.4, -0.2) is 54.0 Å². The van der Waals surface area contributed by atoms with Crippen LogP contribution < -0.4 is 16.8 Å². The van der Waals surface area contributed by atoms with Crippen molar-refractivity contribution in [3.05, 3.63) is 23.9 Å². The van der Waals surface area contributed by atoms with E-state index < -0.39 is 11.8 Å². The average Bonchev–Trinajstić information content (AvgIpc) is 2.69. The third-order valence-corrected chi connectivity index (χ3v) is 4.29. The van der Waals surface area contributed by atoms with Gasteiger partial charge in [-0.3, -0.25) is 14.4 Å². The van der Waals surface area contributed by atoms with Gasteiger partial charge in [-0.15, -0.1) is 0 Å². The number of nitrogens with two attached hydrogens (primary N) is 2. The molecule has 0 unspecified atom stereocenters. The number of nitrogens with zero attached hydrogens (tertiary/aromatic N) is 2. The van der Waals surface area contributed by atoms with Crippen LogP contribution in [0.4, 0.5) is 5.82 Å². The Labute approximate surface area is 185 Å². The highest BCUT2D eigenvalue weighted by Gasteiger charge is 2.21. The highest BCUT2D eigenvalue weighted by molar-refractivity contribution is 6.38. The highest BCUT2D eigenvalue weighted by Crippen LogP contribution is 2.24. The Bertz CT molecular complexity index is 678. The van der Waals surface area contributed by atoms with Gasteiger partial charge < -0.3 is 26.4 Å². The van der Waals surface area contributed by atoms with Gasteiger partial charge in [0, 0.05) is 26.2 Å². The molecule has 1 saturated carbocycles. The maximum atomic E-state index is 11.4. The molecule has 1 aliphatic carbocycles. The van der Waals surface area contributed by atoms with Crippen molar-refractivity contribution in [2.24, 2.45) is 17.4 Å². The van der Waals surface area contributed by atoms with Crippen molar-refractivity contribution in [2.75, 3.05) is 26.1 Å². The molecular formula is C22H39N5O4. The Morgan fingerprint density at radius 1 is 1.16 bits per heavy atom. The van der Waals surface area contributed by atoms with Crippen molar-refractivity contribution in [3.8, 4) is 0 Å². The number of ether oxygens (including phenoxy) is 1. The number of hydrogen-bond acceptors (Lipinski definition) is 6. The van der Waals surface area contributed by atoms with Gasteiger partial charge in [0.1, 0.15) is 5.82 Å². The largest absolute Gasteiger partial charge is 0.361 e. The SMILES string of the molecule is CC(C)(C)OCN.CN(C)C(=O)C1CCCCC1.Cc1ccc(NC(=O)C(N)=O)nc1. The summed E-state index contributed by atoms with van der Waals surface area (Å²) < 4.78 is 5.01. The topological polar surface area (TPSA) is 141 Å². The summed E-state index contributed by atoms with van der Waals surface area (Å²) in [7, 11) is 3.69. The molecule has 2 rings (SSSR count). The van der Waals surface area contributed by atoms with E-state index in [-0.39, 0.29) is 5.60 Å². The van der Waals surface area contributed by atoms with Gasteiger partial charge in [-0.05, 0) is 52.2 Å². The summed E-state index contributed by atoms with van der Waals surface area (Å²) in [6.07, 6.45) is 7.59. The lowest BCUT2D eigenvalue weighted by molar-refractivity contribution is -0.134. The molecule has 5 N–H and O–H groups in total. The van der Waals surface area contributed by atoms with Gasteiger partial charge >= 0.3 is 11.8 Å². The predicted octanol–water partition coefficient (Wildman–Crippen LogP) is 2.19. The van der Waals surface area contributed by atoms with Crippen LogP contribution in [0.3, 0.4) is 0 Å². The van der Waals surface area contributed by atoms with Crippen molar-refractivity contribution in [1.82, 2.24) is 9.88 Å². The number of aryl methyl sites for hydroxylation is 1. The number of anilines is 1. The molecule has 0 atom stereocenters. The van der Waals surface area contributed by atoms with Crippen LogP contribution in [0.5, 0.6) is 0 Å². The minimum atomic E-state index is -1.03. The molecule has 0 aliphatic heterocycles. The van der Waals surface area contributed by atoms with Crippen LogP contribution in [0.1, 0.15) is 58.4 Å². The summed E-state index contributed by atoms with van der Waals surface area (Å²) in [5, 5.41) is 2.24. The van der Waals surface area contributed by atoms with E-state index in [1.54, 1.807) is 23.2 Å². The smallest absolute Gasteiger partial charge is 0.314 e. The normalized spacial score (nSPS) is 13.6. The minimum absolute atomic E-state index is 0.0747. The molecule has 0 radical (unpaired) electrons. The Morgan fingerprint density at radius 3 is 2.10 bits per heavy atom. The van der Waals surface area contributed by atoms with E-state index in [4.69, 9.17) is 16.2 Å². The fourth-order valence-electron chi connectivity index (χ4n) is 2.68. The van der Waals surface area contributed by atoms with Crippen LogP contribution in [0.2, 0.25) is 0 Å². The molecule has 0 aromatic carbocycles. The monoisotopic (exact) mass is 437 g/mol.